The van der Waals surface area contributed by atoms with Crippen LogP contribution < -0.4 is 5.73 Å². The van der Waals surface area contributed by atoms with Crippen molar-refractivity contribution in [3.63, 3.8) is 0 Å². The summed E-state index contributed by atoms with van der Waals surface area (Å²) >= 11 is 11.9. The minimum absolute atomic E-state index is 0.265. The molecule has 4 heteroatoms. The lowest BCUT2D eigenvalue weighted by atomic mass is 10.0. The zero-order chi connectivity index (χ0) is 13.7. The number of hydrogen-bond acceptors (Lipinski definition) is 2. The molecule has 0 saturated heterocycles. The molecule has 1 aromatic rings. The number of rotatable bonds is 6. The quantitative estimate of drug-likeness (QED) is 0.863. The molecule has 1 rings (SSSR count). The molecule has 0 spiro atoms. The first-order chi connectivity index (χ1) is 8.40. The third-order valence-corrected chi connectivity index (χ3v) is 3.88. The van der Waals surface area contributed by atoms with Gasteiger partial charge in [-0.25, -0.2) is 0 Å². The van der Waals surface area contributed by atoms with E-state index in [1.54, 1.807) is 0 Å². The van der Waals surface area contributed by atoms with E-state index in [2.05, 4.69) is 25.8 Å². The Hall–Kier alpha value is -0.280. The first kappa shape index (κ1) is 15.8. The van der Waals surface area contributed by atoms with E-state index in [4.69, 9.17) is 28.9 Å². The smallest absolute Gasteiger partial charge is 0.0595 e. The van der Waals surface area contributed by atoms with Gasteiger partial charge in [-0.3, -0.25) is 0 Å². The van der Waals surface area contributed by atoms with Gasteiger partial charge >= 0.3 is 0 Å². The summed E-state index contributed by atoms with van der Waals surface area (Å²) in [5.41, 5.74) is 7.21. The molecule has 0 saturated carbocycles. The molecule has 2 N–H and O–H groups in total. The van der Waals surface area contributed by atoms with E-state index in [9.17, 15) is 0 Å². The monoisotopic (exact) mass is 288 g/mol. The van der Waals surface area contributed by atoms with Crippen LogP contribution in [-0.4, -0.2) is 24.5 Å². The molecule has 0 bridgehead atoms. The molecule has 18 heavy (non-hydrogen) atoms. The maximum Gasteiger partial charge on any atom is 0.0595 e. The van der Waals surface area contributed by atoms with Crippen molar-refractivity contribution in [2.24, 2.45) is 11.7 Å². The minimum Gasteiger partial charge on any atom is -0.327 e. The van der Waals surface area contributed by atoms with Crippen LogP contribution in [0, 0.1) is 5.92 Å². The van der Waals surface area contributed by atoms with Crippen LogP contribution in [-0.2, 0) is 6.54 Å². The van der Waals surface area contributed by atoms with Crippen LogP contribution in [0.5, 0.6) is 0 Å². The van der Waals surface area contributed by atoms with Gasteiger partial charge in [0.1, 0.15) is 0 Å². The Balaban J connectivity index is 2.44. The van der Waals surface area contributed by atoms with Gasteiger partial charge in [0.25, 0.3) is 0 Å². The van der Waals surface area contributed by atoms with E-state index in [1.165, 1.54) is 5.56 Å². The summed E-state index contributed by atoms with van der Waals surface area (Å²) in [6, 6.07) is 6.03. The summed E-state index contributed by atoms with van der Waals surface area (Å²) in [4.78, 5) is 2.25. The molecule has 0 aromatic heterocycles. The van der Waals surface area contributed by atoms with Gasteiger partial charge in [-0.15, -0.1) is 0 Å². The van der Waals surface area contributed by atoms with Gasteiger partial charge in [0, 0.05) is 12.6 Å². The first-order valence-corrected chi connectivity index (χ1v) is 7.03. The van der Waals surface area contributed by atoms with Crippen LogP contribution in [0.15, 0.2) is 18.2 Å². The molecule has 0 heterocycles. The van der Waals surface area contributed by atoms with Crippen molar-refractivity contribution in [3.8, 4) is 0 Å². The lowest BCUT2D eigenvalue weighted by Gasteiger charge is -2.21. The van der Waals surface area contributed by atoms with Crippen LogP contribution >= 0.6 is 23.2 Å². The molecule has 0 fully saturated rings. The highest BCUT2D eigenvalue weighted by molar-refractivity contribution is 6.42. The Labute approximate surface area is 120 Å². The molecule has 1 aromatic carbocycles. The molecular weight excluding hydrogens is 267 g/mol. The van der Waals surface area contributed by atoms with E-state index >= 15 is 0 Å². The van der Waals surface area contributed by atoms with Crippen molar-refractivity contribution in [2.45, 2.75) is 32.9 Å². The van der Waals surface area contributed by atoms with Gasteiger partial charge in [-0.05, 0) is 43.6 Å². The fourth-order valence-electron chi connectivity index (χ4n) is 1.73. The highest BCUT2D eigenvalue weighted by Crippen LogP contribution is 2.23. The molecule has 1 atom stereocenters. The molecule has 0 aliphatic carbocycles. The third kappa shape index (κ3) is 5.15. The molecule has 0 radical (unpaired) electrons. The lowest BCUT2D eigenvalue weighted by Crippen LogP contribution is -2.31. The molecule has 0 aliphatic rings. The van der Waals surface area contributed by atoms with Crippen LogP contribution in [0.1, 0.15) is 25.8 Å². The Bertz CT molecular complexity index is 380. The summed E-state index contributed by atoms with van der Waals surface area (Å²) in [7, 11) is 2.09. The molecule has 0 amide bonds. The second-order valence-corrected chi connectivity index (χ2v) is 6.00. The zero-order valence-electron chi connectivity index (χ0n) is 11.3. The number of nitrogens with two attached hydrogens (primary N) is 1. The van der Waals surface area contributed by atoms with Gasteiger partial charge in [0.2, 0.25) is 0 Å². The third-order valence-electron chi connectivity index (χ3n) is 3.14. The molecule has 102 valence electrons. The Morgan fingerprint density at radius 3 is 2.44 bits per heavy atom. The van der Waals surface area contributed by atoms with E-state index < -0.39 is 0 Å². The SMILES string of the molecule is CC(C)C(N)CCN(C)Cc1ccc(Cl)c(Cl)c1. The average molecular weight is 289 g/mol. The van der Waals surface area contributed by atoms with Crippen molar-refractivity contribution in [3.05, 3.63) is 33.8 Å². The number of benzene rings is 1. The predicted molar refractivity (Wildman–Crippen MR) is 80.2 cm³/mol. The second kappa shape index (κ2) is 7.34. The molecule has 0 aliphatic heterocycles. The number of nitrogens with zero attached hydrogens (tertiary/aromatic N) is 1. The summed E-state index contributed by atoms with van der Waals surface area (Å²) in [6.45, 7) is 6.16. The maximum absolute atomic E-state index is 6.04. The maximum atomic E-state index is 6.04. The van der Waals surface area contributed by atoms with Crippen molar-refractivity contribution in [2.75, 3.05) is 13.6 Å². The Kier molecular flexibility index (Phi) is 6.44. The molecule has 2 nitrogen and oxygen atoms in total. The Morgan fingerprint density at radius 2 is 1.89 bits per heavy atom. The zero-order valence-corrected chi connectivity index (χ0v) is 12.8. The standard InChI is InChI=1S/C14H22Cl2N2/c1-10(2)14(17)6-7-18(3)9-11-4-5-12(15)13(16)8-11/h4-5,8,10,14H,6-7,9,17H2,1-3H3. The van der Waals surface area contributed by atoms with Crippen molar-refractivity contribution >= 4 is 23.2 Å². The van der Waals surface area contributed by atoms with E-state index in [0.717, 1.165) is 19.5 Å². The number of hydrogen-bond donors (Lipinski definition) is 1. The van der Waals surface area contributed by atoms with Crippen molar-refractivity contribution < 1.29 is 0 Å². The van der Waals surface area contributed by atoms with E-state index in [1.807, 2.05) is 18.2 Å². The lowest BCUT2D eigenvalue weighted by molar-refractivity contribution is 0.296. The largest absolute Gasteiger partial charge is 0.327 e. The normalized spacial score (nSPS) is 13.3. The average Bonchev–Trinajstić information content (AvgIpc) is 2.30. The van der Waals surface area contributed by atoms with Gasteiger partial charge in [0.05, 0.1) is 10.0 Å². The topological polar surface area (TPSA) is 29.3 Å². The fraction of sp³-hybridized carbons (Fsp3) is 0.571. The van der Waals surface area contributed by atoms with Crippen LogP contribution in [0.25, 0.3) is 0 Å². The van der Waals surface area contributed by atoms with Crippen molar-refractivity contribution in [1.82, 2.24) is 4.90 Å². The fourth-order valence-corrected chi connectivity index (χ4v) is 2.05. The van der Waals surface area contributed by atoms with Crippen molar-refractivity contribution in [1.29, 1.82) is 0 Å². The number of halogens is 2. The minimum atomic E-state index is 0.265. The van der Waals surface area contributed by atoms with E-state index in [0.29, 0.717) is 16.0 Å². The summed E-state index contributed by atoms with van der Waals surface area (Å²) in [5.74, 6) is 0.531. The van der Waals surface area contributed by atoms with E-state index in [-0.39, 0.29) is 6.04 Å². The summed E-state index contributed by atoms with van der Waals surface area (Å²) in [5, 5.41) is 1.21. The molecular formula is C14H22Cl2N2. The van der Waals surface area contributed by atoms with Gasteiger partial charge in [0.15, 0.2) is 0 Å². The van der Waals surface area contributed by atoms with Crippen LogP contribution in [0.4, 0.5) is 0 Å². The predicted octanol–water partition coefficient (Wildman–Crippen LogP) is 3.80. The summed E-state index contributed by atoms with van der Waals surface area (Å²) < 4.78 is 0. The summed E-state index contributed by atoms with van der Waals surface area (Å²) in [6.07, 6.45) is 1.01. The van der Waals surface area contributed by atoms with Gasteiger partial charge in [-0.1, -0.05) is 43.1 Å². The highest BCUT2D eigenvalue weighted by atomic mass is 35.5. The van der Waals surface area contributed by atoms with Crippen LogP contribution in [0.3, 0.4) is 0 Å². The Morgan fingerprint density at radius 1 is 1.22 bits per heavy atom. The highest BCUT2D eigenvalue weighted by Gasteiger charge is 2.09. The van der Waals surface area contributed by atoms with Crippen LogP contribution in [0.2, 0.25) is 10.0 Å². The van der Waals surface area contributed by atoms with Gasteiger partial charge in [-0.2, -0.15) is 0 Å². The second-order valence-electron chi connectivity index (χ2n) is 5.18. The van der Waals surface area contributed by atoms with Gasteiger partial charge < -0.3 is 10.6 Å². The molecule has 1 unspecified atom stereocenters. The first-order valence-electron chi connectivity index (χ1n) is 6.28.